The van der Waals surface area contributed by atoms with Crippen molar-refractivity contribution < 1.29 is 19.0 Å². The van der Waals surface area contributed by atoms with Gasteiger partial charge in [-0.25, -0.2) is 4.99 Å². The Labute approximate surface area is 179 Å². The van der Waals surface area contributed by atoms with E-state index in [1.54, 1.807) is 7.11 Å². The van der Waals surface area contributed by atoms with Gasteiger partial charge >= 0.3 is 11.8 Å². The molecule has 0 spiro atoms. The lowest BCUT2D eigenvalue weighted by atomic mass is 10.00. The number of ether oxygens (including phenoxy) is 3. The Morgan fingerprint density at radius 2 is 1.77 bits per heavy atom. The molecule has 0 amide bonds. The first kappa shape index (κ1) is 19.4. The average molecular weight is 577 g/mol. The fourth-order valence-electron chi connectivity index (χ4n) is 2.69. The summed E-state index contributed by atoms with van der Waals surface area (Å²) < 4.78 is 16.7. The monoisotopic (exact) mass is 577 g/mol. The molecule has 1 atom stereocenters. The first-order valence-corrected chi connectivity index (χ1v) is 10.0. The van der Waals surface area contributed by atoms with Crippen molar-refractivity contribution in [2.75, 3.05) is 13.7 Å². The van der Waals surface area contributed by atoms with E-state index in [1.807, 2.05) is 54.6 Å². The first-order chi connectivity index (χ1) is 12.4. The molecule has 1 aliphatic heterocycles. The summed E-state index contributed by atoms with van der Waals surface area (Å²) in [5.41, 5.74) is 1.56. The van der Waals surface area contributed by atoms with Crippen molar-refractivity contribution in [2.45, 2.75) is 14.1 Å². The molecule has 136 valence electrons. The van der Waals surface area contributed by atoms with Gasteiger partial charge in [0.2, 0.25) is 5.90 Å². The van der Waals surface area contributed by atoms with Crippen LogP contribution in [-0.2, 0) is 20.1 Å². The molecule has 2 aromatic carbocycles. The van der Waals surface area contributed by atoms with E-state index in [0.29, 0.717) is 18.2 Å². The van der Waals surface area contributed by atoms with Gasteiger partial charge < -0.3 is 14.2 Å². The predicted molar refractivity (Wildman–Crippen MR) is 116 cm³/mol. The minimum Gasteiger partial charge on any atom is -0.497 e. The Hall–Kier alpha value is -1.36. The summed E-state index contributed by atoms with van der Waals surface area (Å²) in [5, 5.41) is 0. The summed E-state index contributed by atoms with van der Waals surface area (Å²) >= 11 is 4.47. The van der Waals surface area contributed by atoms with Gasteiger partial charge in [0.1, 0.15) is 5.75 Å². The number of carbonyl (C=O) groups excluding carboxylic acids is 1. The van der Waals surface area contributed by atoms with E-state index in [1.165, 1.54) is 6.92 Å². The number of halogens is 2. The van der Waals surface area contributed by atoms with Crippen LogP contribution in [0.2, 0.25) is 0 Å². The van der Waals surface area contributed by atoms with Crippen molar-refractivity contribution in [1.82, 2.24) is 0 Å². The van der Waals surface area contributed by atoms with E-state index in [-0.39, 0.29) is 0 Å². The highest BCUT2D eigenvalue weighted by molar-refractivity contribution is 14.2. The Balaban J connectivity index is 2.11. The summed E-state index contributed by atoms with van der Waals surface area (Å²) in [5.74, 6) is -0.564. The number of hydrogen-bond acceptors (Lipinski definition) is 5. The maximum atomic E-state index is 12.0. The Morgan fingerprint density at radius 1 is 1.12 bits per heavy atom. The molecule has 0 saturated carbocycles. The summed E-state index contributed by atoms with van der Waals surface area (Å²) in [6.07, 6.45) is 0. The number of esters is 1. The Morgan fingerprint density at radius 3 is 2.35 bits per heavy atom. The first-order valence-electron chi connectivity index (χ1n) is 7.89. The van der Waals surface area contributed by atoms with E-state index < -0.39 is 13.2 Å². The molecule has 0 fully saturated rings. The number of methoxy groups -OCH3 is 1. The highest BCUT2D eigenvalue weighted by Crippen LogP contribution is 2.52. The highest BCUT2D eigenvalue weighted by atomic mass is 127. The maximum Gasteiger partial charge on any atom is 0.307 e. The molecule has 1 aliphatic rings. The van der Waals surface area contributed by atoms with Crippen molar-refractivity contribution >= 4 is 57.0 Å². The molecule has 26 heavy (non-hydrogen) atoms. The van der Waals surface area contributed by atoms with Gasteiger partial charge in [-0.2, -0.15) is 0 Å². The van der Waals surface area contributed by atoms with Gasteiger partial charge in [0.25, 0.3) is 0 Å². The lowest BCUT2D eigenvalue weighted by Gasteiger charge is -2.44. The number of nitrogens with zero attached hydrogens (tertiary/aromatic N) is 1. The standard InChI is InChI=1S/C19H17I2NO4/c1-13(23)25-19(15-8-10-16(24-2)11-9-15)18(20,21)12-22-17(26-19)14-6-4-3-5-7-14/h3-11H,12H2,1-2H3. The number of aliphatic imine (C=N–C) groups is 1. The van der Waals surface area contributed by atoms with Crippen LogP contribution in [0.4, 0.5) is 0 Å². The van der Waals surface area contributed by atoms with E-state index in [4.69, 9.17) is 14.2 Å². The number of alkyl halides is 2. The van der Waals surface area contributed by atoms with E-state index in [0.717, 1.165) is 11.1 Å². The molecule has 0 saturated heterocycles. The SMILES string of the molecule is COc1ccc(C2(OC(C)=O)OC(c3ccccc3)=NCC2(I)I)cc1. The lowest BCUT2D eigenvalue weighted by molar-refractivity contribution is -0.208. The molecular formula is C19H17I2NO4. The average Bonchev–Trinajstić information content (AvgIpc) is 2.64. The molecule has 1 unspecified atom stereocenters. The smallest absolute Gasteiger partial charge is 0.307 e. The fraction of sp³-hybridized carbons (Fsp3) is 0.263. The van der Waals surface area contributed by atoms with Gasteiger partial charge in [-0.3, -0.25) is 4.79 Å². The molecule has 0 aromatic heterocycles. The molecule has 0 aliphatic carbocycles. The van der Waals surface area contributed by atoms with Gasteiger partial charge in [0, 0.05) is 18.1 Å². The topological polar surface area (TPSA) is 57.1 Å². The summed E-state index contributed by atoms with van der Waals surface area (Å²) in [6, 6.07) is 16.9. The molecule has 0 bridgehead atoms. The van der Waals surface area contributed by atoms with Gasteiger partial charge in [-0.1, -0.05) is 63.4 Å². The predicted octanol–water partition coefficient (Wildman–Crippen LogP) is 4.45. The third kappa shape index (κ3) is 3.68. The number of rotatable bonds is 4. The fourth-order valence-corrected chi connectivity index (χ4v) is 4.09. The van der Waals surface area contributed by atoms with Crippen molar-refractivity contribution in [2.24, 2.45) is 4.99 Å². The highest BCUT2D eigenvalue weighted by Gasteiger charge is 2.58. The number of benzene rings is 2. The number of carbonyl (C=O) groups is 1. The Bertz CT molecular complexity index is 821. The van der Waals surface area contributed by atoms with E-state index in [2.05, 4.69) is 50.2 Å². The second kappa shape index (κ2) is 7.71. The summed E-state index contributed by atoms with van der Waals surface area (Å²) in [4.78, 5) is 16.5. The molecule has 0 N–H and O–H groups in total. The minimum atomic E-state index is -1.31. The normalized spacial score (nSPS) is 21.3. The maximum absolute atomic E-state index is 12.0. The molecular weight excluding hydrogens is 560 g/mol. The zero-order chi connectivity index (χ0) is 18.8. The van der Waals surface area contributed by atoms with Crippen molar-refractivity contribution in [3.8, 4) is 5.75 Å². The molecule has 3 rings (SSSR count). The van der Waals surface area contributed by atoms with Crippen LogP contribution in [0.15, 0.2) is 59.6 Å². The third-order valence-electron chi connectivity index (χ3n) is 3.92. The zero-order valence-electron chi connectivity index (χ0n) is 14.2. The van der Waals surface area contributed by atoms with Gasteiger partial charge in [0.05, 0.1) is 13.7 Å². The molecule has 5 nitrogen and oxygen atoms in total. The zero-order valence-corrected chi connectivity index (χ0v) is 18.6. The third-order valence-corrected chi connectivity index (χ3v) is 6.02. The second-order valence-electron chi connectivity index (χ2n) is 5.73. The lowest BCUT2D eigenvalue weighted by Crippen LogP contribution is -2.54. The van der Waals surface area contributed by atoms with Crippen LogP contribution in [0, 0.1) is 0 Å². The van der Waals surface area contributed by atoms with Crippen LogP contribution < -0.4 is 4.74 Å². The van der Waals surface area contributed by atoms with E-state index >= 15 is 0 Å². The van der Waals surface area contributed by atoms with Gasteiger partial charge in [-0.15, -0.1) is 0 Å². The second-order valence-corrected chi connectivity index (χ2v) is 11.5. The molecule has 0 radical (unpaired) electrons. The van der Waals surface area contributed by atoms with Crippen LogP contribution in [0.3, 0.4) is 0 Å². The van der Waals surface area contributed by atoms with Crippen LogP contribution in [0.25, 0.3) is 0 Å². The van der Waals surface area contributed by atoms with Gasteiger partial charge in [-0.05, 0) is 36.4 Å². The largest absolute Gasteiger partial charge is 0.497 e. The van der Waals surface area contributed by atoms with Crippen LogP contribution in [0.5, 0.6) is 5.75 Å². The van der Waals surface area contributed by atoms with Crippen molar-refractivity contribution in [3.05, 3.63) is 65.7 Å². The van der Waals surface area contributed by atoms with Crippen LogP contribution in [-0.4, -0.2) is 27.0 Å². The van der Waals surface area contributed by atoms with E-state index in [9.17, 15) is 4.79 Å². The quantitative estimate of drug-likeness (QED) is 0.306. The minimum absolute atomic E-state index is 0.423. The van der Waals surface area contributed by atoms with Crippen LogP contribution >= 0.6 is 45.2 Å². The van der Waals surface area contributed by atoms with Crippen LogP contribution in [0.1, 0.15) is 18.1 Å². The van der Waals surface area contributed by atoms with Crippen molar-refractivity contribution in [1.29, 1.82) is 0 Å². The number of hydrogen-bond donors (Lipinski definition) is 0. The Kier molecular flexibility index (Phi) is 5.75. The molecule has 1 heterocycles. The summed E-state index contributed by atoms with van der Waals surface area (Å²) in [7, 11) is 1.61. The van der Waals surface area contributed by atoms with Crippen molar-refractivity contribution in [3.63, 3.8) is 0 Å². The molecule has 7 heteroatoms. The summed E-state index contributed by atoms with van der Waals surface area (Å²) in [6.45, 7) is 1.81. The molecule has 2 aromatic rings. The van der Waals surface area contributed by atoms with Gasteiger partial charge in [0.15, 0.2) is 1.43 Å².